The van der Waals surface area contributed by atoms with Gasteiger partial charge in [-0.1, -0.05) is 6.92 Å². The van der Waals surface area contributed by atoms with Gasteiger partial charge in [0.25, 0.3) is 5.91 Å². The van der Waals surface area contributed by atoms with Crippen molar-refractivity contribution in [2.45, 2.75) is 25.3 Å². The molecule has 5 nitrogen and oxygen atoms in total. The summed E-state index contributed by atoms with van der Waals surface area (Å²) in [6.07, 6.45) is 1.26. The van der Waals surface area contributed by atoms with Gasteiger partial charge < -0.3 is 20.3 Å². The van der Waals surface area contributed by atoms with Crippen LogP contribution in [0, 0.1) is 0 Å². The molecule has 5 heteroatoms. The van der Waals surface area contributed by atoms with Crippen molar-refractivity contribution in [1.29, 1.82) is 0 Å². The molecular weight excluding hydrogens is 246 g/mol. The van der Waals surface area contributed by atoms with Gasteiger partial charge >= 0.3 is 0 Å². The maximum absolute atomic E-state index is 12.2. The first-order valence-corrected chi connectivity index (χ1v) is 6.44. The number of rotatable bonds is 5. The molecule has 3 N–H and O–H groups in total. The molecule has 0 spiro atoms. The Morgan fingerprint density at radius 1 is 1.42 bits per heavy atom. The third kappa shape index (κ3) is 2.72. The molecule has 1 aliphatic rings. The molecule has 0 fully saturated rings. The lowest BCUT2D eigenvalue weighted by Gasteiger charge is -2.29. The molecule has 1 aromatic carbocycles. The van der Waals surface area contributed by atoms with Crippen LogP contribution in [0.25, 0.3) is 0 Å². The molecule has 0 aliphatic carbocycles. The second-order valence-electron chi connectivity index (χ2n) is 4.83. The number of nitrogens with one attached hydrogen (secondary N) is 1. The van der Waals surface area contributed by atoms with E-state index in [0.29, 0.717) is 18.6 Å². The zero-order chi connectivity index (χ0) is 13.9. The van der Waals surface area contributed by atoms with E-state index in [1.807, 2.05) is 6.92 Å². The largest absolute Gasteiger partial charge is 0.493 e. The van der Waals surface area contributed by atoms with Gasteiger partial charge in [0.15, 0.2) is 0 Å². The molecule has 1 heterocycles. The summed E-state index contributed by atoms with van der Waals surface area (Å²) in [5, 5.41) is 21.4. The van der Waals surface area contributed by atoms with Crippen LogP contribution in [0.4, 0.5) is 0 Å². The summed E-state index contributed by atoms with van der Waals surface area (Å²) in [6, 6.07) is 5.27. The van der Waals surface area contributed by atoms with E-state index in [1.54, 1.807) is 18.2 Å². The number of benzene rings is 1. The number of fused-ring (bicyclic) bond motifs is 1. The molecular formula is C14H19NO4. The van der Waals surface area contributed by atoms with Gasteiger partial charge in [0.1, 0.15) is 5.75 Å². The van der Waals surface area contributed by atoms with E-state index >= 15 is 0 Å². The fraction of sp³-hybridized carbons (Fsp3) is 0.500. The lowest BCUT2D eigenvalue weighted by molar-refractivity contribution is 0.0653. The third-order valence-corrected chi connectivity index (χ3v) is 3.61. The number of hydrogen-bond donors (Lipinski definition) is 3. The Kier molecular flexibility index (Phi) is 4.07. The molecule has 19 heavy (non-hydrogen) atoms. The normalized spacial score (nSPS) is 13.8. The molecule has 1 aliphatic heterocycles. The maximum atomic E-state index is 12.2. The van der Waals surface area contributed by atoms with Crippen LogP contribution in [0.5, 0.6) is 5.75 Å². The first-order valence-electron chi connectivity index (χ1n) is 6.44. The van der Waals surface area contributed by atoms with Crippen LogP contribution in [0.3, 0.4) is 0 Å². The molecule has 104 valence electrons. The van der Waals surface area contributed by atoms with Crippen LogP contribution in [0.1, 0.15) is 29.3 Å². The molecule has 0 radical (unpaired) electrons. The second kappa shape index (κ2) is 5.59. The van der Waals surface area contributed by atoms with E-state index in [2.05, 4.69) is 5.32 Å². The lowest BCUT2D eigenvalue weighted by atomic mass is 9.97. The van der Waals surface area contributed by atoms with Crippen molar-refractivity contribution in [1.82, 2.24) is 5.32 Å². The highest BCUT2D eigenvalue weighted by Crippen LogP contribution is 2.26. The van der Waals surface area contributed by atoms with E-state index in [1.165, 1.54) is 0 Å². The highest BCUT2D eigenvalue weighted by atomic mass is 16.5. The average Bonchev–Trinajstić information content (AvgIpc) is 2.92. The molecule has 2 rings (SSSR count). The SMILES string of the molecule is CCC(CO)(CO)NC(=O)c1ccc2c(c1)CCO2. The third-order valence-electron chi connectivity index (χ3n) is 3.61. The van der Waals surface area contributed by atoms with Gasteiger partial charge in [-0.15, -0.1) is 0 Å². The number of aliphatic hydroxyl groups is 2. The minimum absolute atomic E-state index is 0.292. The van der Waals surface area contributed by atoms with Crippen LogP contribution in [-0.4, -0.2) is 41.5 Å². The average molecular weight is 265 g/mol. The minimum Gasteiger partial charge on any atom is -0.493 e. The molecule has 0 unspecified atom stereocenters. The van der Waals surface area contributed by atoms with Crippen LogP contribution >= 0.6 is 0 Å². The topological polar surface area (TPSA) is 78.8 Å². The van der Waals surface area contributed by atoms with Crippen LogP contribution in [0.15, 0.2) is 18.2 Å². The number of carbonyl (C=O) groups is 1. The van der Waals surface area contributed by atoms with Gasteiger partial charge in [0.2, 0.25) is 0 Å². The number of aliphatic hydroxyl groups excluding tert-OH is 2. The van der Waals surface area contributed by atoms with Gasteiger partial charge in [-0.3, -0.25) is 4.79 Å². The van der Waals surface area contributed by atoms with Gasteiger partial charge in [-0.2, -0.15) is 0 Å². The Balaban J connectivity index is 2.16. The minimum atomic E-state index is -0.966. The Hall–Kier alpha value is -1.59. The molecule has 0 saturated heterocycles. The molecule has 0 atom stereocenters. The highest BCUT2D eigenvalue weighted by Gasteiger charge is 2.29. The predicted octanol–water partition coefficient (Wildman–Crippen LogP) is 0.485. The fourth-order valence-electron chi connectivity index (χ4n) is 2.08. The van der Waals surface area contributed by atoms with Gasteiger partial charge in [-0.25, -0.2) is 0 Å². The second-order valence-corrected chi connectivity index (χ2v) is 4.83. The predicted molar refractivity (Wildman–Crippen MR) is 70.3 cm³/mol. The van der Waals surface area contributed by atoms with Crippen molar-refractivity contribution < 1.29 is 19.7 Å². The first kappa shape index (κ1) is 13.8. The molecule has 0 bridgehead atoms. The fourth-order valence-corrected chi connectivity index (χ4v) is 2.08. The van der Waals surface area contributed by atoms with E-state index < -0.39 is 5.54 Å². The molecule has 1 aromatic rings. The summed E-state index contributed by atoms with van der Waals surface area (Å²) in [5.74, 6) is 0.530. The van der Waals surface area contributed by atoms with Gasteiger partial charge in [0.05, 0.1) is 25.4 Å². The van der Waals surface area contributed by atoms with Gasteiger partial charge in [-0.05, 0) is 30.2 Å². The monoisotopic (exact) mass is 265 g/mol. The Labute approximate surface area is 112 Å². The summed E-state index contributed by atoms with van der Waals surface area (Å²) in [7, 11) is 0. The smallest absolute Gasteiger partial charge is 0.251 e. The van der Waals surface area contributed by atoms with E-state index in [-0.39, 0.29) is 19.1 Å². The van der Waals surface area contributed by atoms with Crippen molar-refractivity contribution in [2.75, 3.05) is 19.8 Å². The number of carbonyl (C=O) groups excluding carboxylic acids is 1. The lowest BCUT2D eigenvalue weighted by Crippen LogP contribution is -2.53. The van der Waals surface area contributed by atoms with Gasteiger partial charge in [0, 0.05) is 12.0 Å². The van der Waals surface area contributed by atoms with Crippen molar-refractivity contribution in [3.63, 3.8) is 0 Å². The Morgan fingerprint density at radius 2 is 2.16 bits per heavy atom. The molecule has 0 aromatic heterocycles. The number of ether oxygens (including phenoxy) is 1. The molecule has 0 saturated carbocycles. The maximum Gasteiger partial charge on any atom is 0.251 e. The standard InChI is InChI=1S/C14H19NO4/c1-2-14(8-16,9-17)15-13(18)11-3-4-12-10(7-11)5-6-19-12/h3-4,7,16-17H,2,5-6,8-9H2,1H3,(H,15,18). The van der Waals surface area contributed by atoms with Crippen LogP contribution < -0.4 is 10.1 Å². The quantitative estimate of drug-likeness (QED) is 0.724. The van der Waals surface area contributed by atoms with Crippen molar-refractivity contribution in [3.8, 4) is 5.75 Å². The van der Waals surface area contributed by atoms with Crippen LogP contribution in [-0.2, 0) is 6.42 Å². The first-order chi connectivity index (χ1) is 9.14. The summed E-state index contributed by atoms with van der Waals surface area (Å²) < 4.78 is 5.39. The van der Waals surface area contributed by atoms with E-state index in [0.717, 1.165) is 17.7 Å². The molecule has 1 amide bonds. The number of amides is 1. The van der Waals surface area contributed by atoms with E-state index in [4.69, 9.17) is 4.74 Å². The summed E-state index contributed by atoms with van der Waals surface area (Å²) in [6.45, 7) is 1.87. The van der Waals surface area contributed by atoms with Crippen molar-refractivity contribution in [3.05, 3.63) is 29.3 Å². The van der Waals surface area contributed by atoms with Crippen molar-refractivity contribution >= 4 is 5.91 Å². The Bertz CT molecular complexity index is 460. The van der Waals surface area contributed by atoms with E-state index in [9.17, 15) is 15.0 Å². The Morgan fingerprint density at radius 3 is 2.79 bits per heavy atom. The number of hydrogen-bond acceptors (Lipinski definition) is 4. The summed E-state index contributed by atoms with van der Waals surface area (Å²) in [4.78, 5) is 12.2. The highest BCUT2D eigenvalue weighted by molar-refractivity contribution is 5.95. The van der Waals surface area contributed by atoms with Crippen LogP contribution in [0.2, 0.25) is 0 Å². The van der Waals surface area contributed by atoms with Crippen molar-refractivity contribution in [2.24, 2.45) is 0 Å². The zero-order valence-corrected chi connectivity index (χ0v) is 11.0. The summed E-state index contributed by atoms with van der Waals surface area (Å²) in [5.41, 5.74) is 0.568. The summed E-state index contributed by atoms with van der Waals surface area (Å²) >= 11 is 0. The zero-order valence-electron chi connectivity index (χ0n) is 11.0.